The van der Waals surface area contributed by atoms with Crippen LogP contribution < -0.4 is 10.6 Å². The van der Waals surface area contributed by atoms with Gasteiger partial charge in [0.2, 0.25) is 0 Å². The van der Waals surface area contributed by atoms with Gasteiger partial charge in [0.1, 0.15) is 0 Å². The number of halogens is 2. The van der Waals surface area contributed by atoms with Crippen LogP contribution in [-0.4, -0.2) is 22.6 Å². The number of amides is 2. The van der Waals surface area contributed by atoms with E-state index in [0.29, 0.717) is 0 Å². The second kappa shape index (κ2) is 5.64. The first kappa shape index (κ1) is 14.9. The Balaban J connectivity index is 2.70. The Bertz CT molecular complexity index is 504. The smallest absolute Gasteiger partial charge is 0.319 e. The highest BCUT2D eigenvalue weighted by Gasteiger charge is 2.24. The third-order valence-corrected chi connectivity index (χ3v) is 2.24. The summed E-state index contributed by atoms with van der Waals surface area (Å²) in [4.78, 5) is 22.1. The van der Waals surface area contributed by atoms with E-state index in [2.05, 4.69) is 10.6 Å². The number of rotatable bonds is 4. The predicted octanol–water partition coefficient (Wildman–Crippen LogP) is 2.34. The van der Waals surface area contributed by atoms with E-state index in [4.69, 9.17) is 5.11 Å². The van der Waals surface area contributed by atoms with Crippen LogP contribution in [0.1, 0.15) is 20.3 Å². The Morgan fingerprint density at radius 3 is 2.53 bits per heavy atom. The Morgan fingerprint density at radius 2 is 1.95 bits per heavy atom. The first-order valence-electron chi connectivity index (χ1n) is 5.46. The molecule has 0 saturated heterocycles. The zero-order valence-electron chi connectivity index (χ0n) is 10.5. The molecule has 104 valence electrons. The molecule has 5 nitrogen and oxygen atoms in total. The lowest BCUT2D eigenvalue weighted by Gasteiger charge is -2.24. The number of aliphatic carboxylic acids is 1. The fourth-order valence-electron chi connectivity index (χ4n) is 1.48. The number of benzene rings is 1. The van der Waals surface area contributed by atoms with E-state index in [1.54, 1.807) is 0 Å². The van der Waals surface area contributed by atoms with Gasteiger partial charge in [-0.3, -0.25) is 4.79 Å². The summed E-state index contributed by atoms with van der Waals surface area (Å²) in [6, 6.07) is 2.56. The number of carboxylic acids is 1. The molecule has 1 rings (SSSR count). The molecule has 3 N–H and O–H groups in total. The maximum Gasteiger partial charge on any atom is 0.319 e. The van der Waals surface area contributed by atoms with Crippen LogP contribution in [-0.2, 0) is 4.79 Å². The van der Waals surface area contributed by atoms with E-state index >= 15 is 0 Å². The summed E-state index contributed by atoms with van der Waals surface area (Å²) < 4.78 is 26.2. The van der Waals surface area contributed by atoms with Crippen LogP contribution >= 0.6 is 0 Å². The zero-order chi connectivity index (χ0) is 14.6. The Hall–Kier alpha value is -2.18. The molecule has 0 heterocycles. The fraction of sp³-hybridized carbons (Fsp3) is 0.333. The number of carbonyl (C=O) groups is 2. The van der Waals surface area contributed by atoms with E-state index in [1.807, 2.05) is 0 Å². The molecule has 0 unspecified atom stereocenters. The molecule has 0 spiro atoms. The van der Waals surface area contributed by atoms with Crippen LogP contribution in [0.3, 0.4) is 0 Å². The highest BCUT2D eigenvalue weighted by molar-refractivity contribution is 5.90. The number of nitrogens with one attached hydrogen (secondary N) is 2. The second-order valence-corrected chi connectivity index (χ2v) is 4.63. The van der Waals surface area contributed by atoms with Crippen LogP contribution in [0.2, 0.25) is 0 Å². The van der Waals surface area contributed by atoms with Crippen LogP contribution in [0.4, 0.5) is 19.3 Å². The van der Waals surface area contributed by atoms with Crippen molar-refractivity contribution in [1.29, 1.82) is 0 Å². The number of carbonyl (C=O) groups excluding carboxylic acids is 1. The standard InChI is InChI=1S/C12H14F2N2O3/c1-12(2,6-9(17)18)16-11(19)15-8-5-3-4-7(13)10(8)14/h3-5H,6H2,1-2H3,(H,17,18)(H2,15,16,19). The molecular weight excluding hydrogens is 258 g/mol. The lowest BCUT2D eigenvalue weighted by Crippen LogP contribution is -2.46. The molecule has 1 aromatic carbocycles. The summed E-state index contributed by atoms with van der Waals surface area (Å²) in [5, 5.41) is 13.1. The van der Waals surface area contributed by atoms with E-state index in [9.17, 15) is 18.4 Å². The molecule has 0 aromatic heterocycles. The minimum atomic E-state index is -1.17. The summed E-state index contributed by atoms with van der Waals surface area (Å²) >= 11 is 0. The highest BCUT2D eigenvalue weighted by Crippen LogP contribution is 2.17. The molecule has 0 aliphatic carbocycles. The molecule has 0 fully saturated rings. The highest BCUT2D eigenvalue weighted by atomic mass is 19.2. The first-order chi connectivity index (χ1) is 8.71. The van der Waals surface area contributed by atoms with Gasteiger partial charge in [-0.15, -0.1) is 0 Å². The van der Waals surface area contributed by atoms with Gasteiger partial charge in [0.25, 0.3) is 0 Å². The van der Waals surface area contributed by atoms with Crippen molar-refractivity contribution in [1.82, 2.24) is 5.32 Å². The lowest BCUT2D eigenvalue weighted by molar-refractivity contribution is -0.138. The van der Waals surface area contributed by atoms with Gasteiger partial charge in [-0.25, -0.2) is 13.6 Å². The zero-order valence-corrected chi connectivity index (χ0v) is 10.5. The Morgan fingerprint density at radius 1 is 1.32 bits per heavy atom. The van der Waals surface area contributed by atoms with Crippen LogP contribution in [0.25, 0.3) is 0 Å². The second-order valence-electron chi connectivity index (χ2n) is 4.63. The van der Waals surface area contributed by atoms with Gasteiger partial charge in [-0.05, 0) is 26.0 Å². The number of carboxylic acid groups (broad SMARTS) is 1. The summed E-state index contributed by atoms with van der Waals surface area (Å²) in [5.74, 6) is -3.33. The van der Waals surface area contributed by atoms with E-state index in [1.165, 1.54) is 26.0 Å². The minimum absolute atomic E-state index is 0.300. The Labute approximate surface area is 108 Å². The molecule has 2 amide bonds. The van der Waals surface area contributed by atoms with Gasteiger partial charge in [-0.1, -0.05) is 6.07 Å². The number of anilines is 1. The molecule has 0 saturated carbocycles. The first-order valence-corrected chi connectivity index (χ1v) is 5.46. The normalized spacial score (nSPS) is 10.9. The van der Waals surface area contributed by atoms with Crippen molar-refractivity contribution in [3.8, 4) is 0 Å². The van der Waals surface area contributed by atoms with Crippen molar-refractivity contribution in [3.05, 3.63) is 29.8 Å². The maximum absolute atomic E-state index is 13.3. The summed E-state index contributed by atoms with van der Waals surface area (Å²) in [5.41, 5.74) is -1.33. The maximum atomic E-state index is 13.3. The fourth-order valence-corrected chi connectivity index (χ4v) is 1.48. The summed E-state index contributed by atoms with van der Waals surface area (Å²) in [6.45, 7) is 3.01. The SMILES string of the molecule is CC(C)(CC(=O)O)NC(=O)Nc1cccc(F)c1F. The molecule has 7 heteroatoms. The lowest BCUT2D eigenvalue weighted by atomic mass is 10.0. The van der Waals surface area contributed by atoms with Gasteiger partial charge >= 0.3 is 12.0 Å². The van der Waals surface area contributed by atoms with Crippen molar-refractivity contribution in [2.75, 3.05) is 5.32 Å². The van der Waals surface area contributed by atoms with E-state index in [0.717, 1.165) is 6.07 Å². The predicted molar refractivity (Wildman–Crippen MR) is 64.8 cm³/mol. The quantitative estimate of drug-likeness (QED) is 0.787. The van der Waals surface area contributed by atoms with Crippen LogP contribution in [0.5, 0.6) is 0 Å². The van der Waals surface area contributed by atoms with Crippen molar-refractivity contribution >= 4 is 17.7 Å². The third kappa shape index (κ3) is 4.53. The molecule has 0 aliphatic rings. The third-order valence-electron chi connectivity index (χ3n) is 2.24. The van der Waals surface area contributed by atoms with E-state index < -0.39 is 29.2 Å². The van der Waals surface area contributed by atoms with Crippen molar-refractivity contribution < 1.29 is 23.5 Å². The Kier molecular flexibility index (Phi) is 4.42. The molecular formula is C12H14F2N2O3. The monoisotopic (exact) mass is 272 g/mol. The van der Waals surface area contributed by atoms with Crippen LogP contribution in [0.15, 0.2) is 18.2 Å². The van der Waals surface area contributed by atoms with Crippen molar-refractivity contribution in [3.63, 3.8) is 0 Å². The molecule has 0 radical (unpaired) electrons. The summed E-state index contributed by atoms with van der Waals surface area (Å²) in [7, 11) is 0. The number of urea groups is 1. The largest absolute Gasteiger partial charge is 0.481 e. The van der Waals surface area contributed by atoms with Gasteiger partial charge in [0.15, 0.2) is 11.6 Å². The van der Waals surface area contributed by atoms with Gasteiger partial charge in [0.05, 0.1) is 12.1 Å². The average molecular weight is 272 g/mol. The van der Waals surface area contributed by atoms with E-state index in [-0.39, 0.29) is 12.1 Å². The minimum Gasteiger partial charge on any atom is -0.481 e. The molecule has 0 atom stereocenters. The van der Waals surface area contributed by atoms with Gasteiger partial charge in [0, 0.05) is 5.54 Å². The van der Waals surface area contributed by atoms with Gasteiger partial charge < -0.3 is 15.7 Å². The molecule has 0 aliphatic heterocycles. The summed E-state index contributed by atoms with van der Waals surface area (Å²) in [6.07, 6.45) is -0.300. The number of hydrogen-bond acceptors (Lipinski definition) is 2. The van der Waals surface area contributed by atoms with Crippen molar-refractivity contribution in [2.45, 2.75) is 25.8 Å². The van der Waals surface area contributed by atoms with Gasteiger partial charge in [-0.2, -0.15) is 0 Å². The topological polar surface area (TPSA) is 78.4 Å². The van der Waals surface area contributed by atoms with Crippen molar-refractivity contribution in [2.24, 2.45) is 0 Å². The molecule has 1 aromatic rings. The average Bonchev–Trinajstić information content (AvgIpc) is 2.21. The van der Waals surface area contributed by atoms with Crippen LogP contribution in [0, 0.1) is 11.6 Å². The number of hydrogen-bond donors (Lipinski definition) is 3. The molecule has 19 heavy (non-hydrogen) atoms. The molecule has 0 bridgehead atoms.